The molecule has 0 spiro atoms. The molecule has 6 nitrogen and oxygen atoms in total. The number of rotatable bonds is 6. The van der Waals surface area contributed by atoms with Gasteiger partial charge in [0.15, 0.2) is 5.96 Å². The summed E-state index contributed by atoms with van der Waals surface area (Å²) in [6.07, 6.45) is 1.98. The molecule has 0 aromatic carbocycles. The monoisotopic (exact) mass is 466 g/mol. The summed E-state index contributed by atoms with van der Waals surface area (Å²) in [5, 5.41) is 6.38. The van der Waals surface area contributed by atoms with Gasteiger partial charge in [0.25, 0.3) is 0 Å². The molecule has 1 heterocycles. The van der Waals surface area contributed by atoms with Crippen LogP contribution in [0.3, 0.4) is 0 Å². The Kier molecular flexibility index (Phi) is 7.83. The molecular formula is C18H35IN4O2. The summed E-state index contributed by atoms with van der Waals surface area (Å²) in [6.45, 7) is 15.8. The third-order valence-corrected chi connectivity index (χ3v) is 5.68. The van der Waals surface area contributed by atoms with Crippen LogP contribution in [0.1, 0.15) is 54.4 Å². The minimum absolute atomic E-state index is 0. The van der Waals surface area contributed by atoms with Gasteiger partial charge >= 0.3 is 6.09 Å². The first kappa shape index (κ1) is 22.3. The highest BCUT2D eigenvalue weighted by Crippen LogP contribution is 2.46. The number of likely N-dealkylation sites (tertiary alicyclic amines) is 1. The Morgan fingerprint density at radius 2 is 1.92 bits per heavy atom. The van der Waals surface area contributed by atoms with Crippen LogP contribution in [-0.2, 0) is 4.74 Å². The number of ether oxygens (including phenoxy) is 1. The Morgan fingerprint density at radius 1 is 1.28 bits per heavy atom. The van der Waals surface area contributed by atoms with Gasteiger partial charge in [0.2, 0.25) is 0 Å². The average molecular weight is 466 g/mol. The van der Waals surface area contributed by atoms with Crippen molar-refractivity contribution < 1.29 is 9.53 Å². The highest BCUT2D eigenvalue weighted by atomic mass is 127. The topological polar surface area (TPSA) is 66.0 Å². The molecule has 1 saturated carbocycles. The van der Waals surface area contributed by atoms with E-state index in [0.717, 1.165) is 31.9 Å². The number of amides is 1. The molecule has 2 N–H and O–H groups in total. The zero-order chi connectivity index (χ0) is 18.0. The van der Waals surface area contributed by atoms with Crippen molar-refractivity contribution in [2.24, 2.45) is 16.3 Å². The molecule has 25 heavy (non-hydrogen) atoms. The van der Waals surface area contributed by atoms with E-state index in [1.807, 2.05) is 6.92 Å². The molecule has 0 radical (unpaired) electrons. The van der Waals surface area contributed by atoms with Gasteiger partial charge in [0, 0.05) is 24.0 Å². The van der Waals surface area contributed by atoms with Gasteiger partial charge in [-0.3, -0.25) is 4.99 Å². The van der Waals surface area contributed by atoms with Crippen molar-refractivity contribution in [3.8, 4) is 0 Å². The third kappa shape index (κ3) is 5.14. The molecule has 1 saturated heterocycles. The summed E-state index contributed by atoms with van der Waals surface area (Å²) >= 11 is 0. The van der Waals surface area contributed by atoms with Gasteiger partial charge < -0.3 is 20.3 Å². The summed E-state index contributed by atoms with van der Waals surface area (Å²) in [7, 11) is 0. The molecule has 0 aromatic rings. The molecule has 0 aromatic heterocycles. The first-order valence-corrected chi connectivity index (χ1v) is 9.22. The molecule has 0 bridgehead atoms. The molecule has 146 valence electrons. The lowest BCUT2D eigenvalue weighted by Gasteiger charge is -2.62. The van der Waals surface area contributed by atoms with E-state index < -0.39 is 0 Å². The number of guanidine groups is 1. The van der Waals surface area contributed by atoms with Crippen molar-refractivity contribution in [1.29, 1.82) is 0 Å². The highest BCUT2D eigenvalue weighted by molar-refractivity contribution is 14.0. The maximum atomic E-state index is 11.7. The fourth-order valence-corrected chi connectivity index (χ4v) is 3.12. The van der Waals surface area contributed by atoms with Gasteiger partial charge in [-0.25, -0.2) is 4.79 Å². The molecule has 1 aliphatic heterocycles. The van der Waals surface area contributed by atoms with Gasteiger partial charge in [-0.2, -0.15) is 0 Å². The van der Waals surface area contributed by atoms with Gasteiger partial charge in [-0.05, 0) is 46.5 Å². The Balaban J connectivity index is 0.00000312. The summed E-state index contributed by atoms with van der Waals surface area (Å²) in [5.74, 6) is 1.47. The number of nitrogens with zero attached hydrogens (tertiary/aromatic N) is 2. The number of hydrogen-bond acceptors (Lipinski definition) is 3. The summed E-state index contributed by atoms with van der Waals surface area (Å²) < 4.78 is 5.02. The molecule has 1 aliphatic carbocycles. The number of carbonyl (C=O) groups is 1. The van der Waals surface area contributed by atoms with E-state index in [9.17, 15) is 4.79 Å². The third-order valence-electron chi connectivity index (χ3n) is 5.68. The van der Waals surface area contributed by atoms with Crippen LogP contribution >= 0.6 is 24.0 Å². The van der Waals surface area contributed by atoms with Gasteiger partial charge in [-0.15, -0.1) is 24.0 Å². The number of halogens is 1. The molecular weight excluding hydrogens is 431 g/mol. The fourth-order valence-electron chi connectivity index (χ4n) is 3.12. The lowest BCUT2D eigenvalue weighted by Crippen LogP contribution is -2.72. The number of hydrogen-bond donors (Lipinski definition) is 2. The molecule has 2 rings (SSSR count). The largest absolute Gasteiger partial charge is 0.450 e. The van der Waals surface area contributed by atoms with Crippen molar-refractivity contribution in [3.63, 3.8) is 0 Å². The van der Waals surface area contributed by atoms with Crippen LogP contribution < -0.4 is 10.6 Å². The molecule has 2 aliphatic rings. The Hall–Kier alpha value is -0.730. The van der Waals surface area contributed by atoms with Crippen LogP contribution in [-0.4, -0.2) is 54.8 Å². The van der Waals surface area contributed by atoms with Crippen LogP contribution in [0.4, 0.5) is 4.79 Å². The van der Waals surface area contributed by atoms with E-state index in [0.29, 0.717) is 19.1 Å². The van der Waals surface area contributed by atoms with Gasteiger partial charge in [0.05, 0.1) is 19.2 Å². The van der Waals surface area contributed by atoms with Crippen LogP contribution in [0, 0.1) is 11.3 Å². The van der Waals surface area contributed by atoms with Crippen molar-refractivity contribution in [3.05, 3.63) is 0 Å². The second-order valence-electron chi connectivity index (χ2n) is 8.03. The van der Waals surface area contributed by atoms with Crippen LogP contribution in [0.25, 0.3) is 0 Å². The molecule has 1 atom stereocenters. The number of nitrogens with one attached hydrogen (secondary N) is 2. The van der Waals surface area contributed by atoms with E-state index in [1.54, 1.807) is 0 Å². The zero-order valence-electron chi connectivity index (χ0n) is 16.5. The molecule has 1 unspecified atom stereocenters. The number of carbonyl (C=O) groups excluding carboxylic acids is 1. The smallest absolute Gasteiger partial charge is 0.407 e. The van der Waals surface area contributed by atoms with Crippen LogP contribution in [0.15, 0.2) is 4.99 Å². The maximum Gasteiger partial charge on any atom is 0.407 e. The van der Waals surface area contributed by atoms with Gasteiger partial charge in [0.1, 0.15) is 0 Å². The Labute approximate surface area is 169 Å². The van der Waals surface area contributed by atoms with E-state index in [4.69, 9.17) is 9.73 Å². The standard InChI is InChI=1S/C18H34N4O2.HI/c1-7-19-15(22-12-17(3,4)18(22,5)6)20-11-14(13-9-10-13)21-16(23)24-8-2;/h13-14H,7-12H2,1-6H3,(H,19,20)(H,21,23);1H. The second-order valence-corrected chi connectivity index (χ2v) is 8.03. The lowest BCUT2D eigenvalue weighted by molar-refractivity contribution is -0.0667. The normalized spacial score (nSPS) is 22.3. The quantitative estimate of drug-likeness (QED) is 0.359. The van der Waals surface area contributed by atoms with Crippen molar-refractivity contribution in [1.82, 2.24) is 15.5 Å². The number of aliphatic imine (C=N–C) groups is 1. The Morgan fingerprint density at radius 3 is 2.36 bits per heavy atom. The zero-order valence-corrected chi connectivity index (χ0v) is 18.8. The molecule has 7 heteroatoms. The lowest BCUT2D eigenvalue weighted by atomic mass is 9.65. The summed E-state index contributed by atoms with van der Waals surface area (Å²) in [5.41, 5.74) is 0.333. The predicted molar refractivity (Wildman–Crippen MR) is 113 cm³/mol. The van der Waals surface area contributed by atoms with Crippen LogP contribution in [0.5, 0.6) is 0 Å². The first-order valence-electron chi connectivity index (χ1n) is 9.22. The fraction of sp³-hybridized carbons (Fsp3) is 0.889. The summed E-state index contributed by atoms with van der Waals surface area (Å²) in [6, 6.07) is 0.0649. The van der Waals surface area contributed by atoms with Crippen molar-refractivity contribution >= 4 is 36.0 Å². The van der Waals surface area contributed by atoms with Crippen molar-refractivity contribution in [2.45, 2.75) is 66.0 Å². The van der Waals surface area contributed by atoms with Crippen LogP contribution in [0.2, 0.25) is 0 Å². The van der Waals surface area contributed by atoms with E-state index in [2.05, 4.69) is 50.2 Å². The second kappa shape index (κ2) is 8.77. The molecule has 2 fully saturated rings. The van der Waals surface area contributed by atoms with E-state index >= 15 is 0 Å². The molecule has 1 amide bonds. The predicted octanol–water partition coefficient (Wildman–Crippen LogP) is 3.22. The van der Waals surface area contributed by atoms with Gasteiger partial charge in [-0.1, -0.05) is 13.8 Å². The highest BCUT2D eigenvalue weighted by Gasteiger charge is 2.53. The minimum atomic E-state index is -0.333. The first-order chi connectivity index (χ1) is 11.2. The maximum absolute atomic E-state index is 11.7. The minimum Gasteiger partial charge on any atom is -0.450 e. The average Bonchev–Trinajstić information content (AvgIpc) is 3.33. The van der Waals surface area contributed by atoms with E-state index in [1.165, 1.54) is 0 Å². The number of alkyl carbamates (subject to hydrolysis) is 1. The van der Waals surface area contributed by atoms with Crippen molar-refractivity contribution in [2.75, 3.05) is 26.2 Å². The SMILES string of the molecule is CCNC(=NCC(NC(=O)OCC)C1CC1)N1CC(C)(C)C1(C)C.I. The Bertz CT molecular complexity index is 489. The van der Waals surface area contributed by atoms with E-state index in [-0.39, 0.29) is 47.1 Å². The summed E-state index contributed by atoms with van der Waals surface area (Å²) in [4.78, 5) is 18.9.